The third-order valence-electron chi connectivity index (χ3n) is 6.54. The van der Waals surface area contributed by atoms with Gasteiger partial charge in [0.15, 0.2) is 6.10 Å². The van der Waals surface area contributed by atoms with Gasteiger partial charge in [0.2, 0.25) is 0 Å². The van der Waals surface area contributed by atoms with Gasteiger partial charge in [-0.25, -0.2) is 4.79 Å². The number of carbonyl (C=O) groups excluding carboxylic acids is 2. The molecule has 1 amide bonds. The van der Waals surface area contributed by atoms with Crippen LogP contribution in [0.15, 0.2) is 24.3 Å². The molecule has 0 heterocycles. The topological polar surface area (TPSA) is 64.6 Å². The molecule has 0 saturated heterocycles. The van der Waals surface area contributed by atoms with E-state index < -0.39 is 12.1 Å². The highest BCUT2D eigenvalue weighted by atomic mass is 16.5. The van der Waals surface area contributed by atoms with Crippen LogP contribution in [0.3, 0.4) is 0 Å². The predicted molar refractivity (Wildman–Crippen MR) is 106 cm³/mol. The number of hydrogen-bond donors (Lipinski definition) is 1. The van der Waals surface area contributed by atoms with Gasteiger partial charge in [-0.05, 0) is 101 Å². The maximum atomic E-state index is 12.8. The summed E-state index contributed by atoms with van der Waals surface area (Å²) in [6.45, 7) is 5.56. The van der Waals surface area contributed by atoms with E-state index in [4.69, 9.17) is 9.47 Å². The molecule has 1 aromatic rings. The lowest BCUT2D eigenvalue weighted by Crippen LogP contribution is -2.61. The molecule has 4 saturated carbocycles. The predicted octanol–water partition coefficient (Wildman–Crippen LogP) is 4.10. The molecule has 0 aliphatic heterocycles. The average molecular weight is 386 g/mol. The Balaban J connectivity index is 1.33. The number of ether oxygens (including phenoxy) is 2. The molecule has 0 radical (unpaired) electrons. The van der Waals surface area contributed by atoms with Crippen LogP contribution in [0.1, 0.15) is 69.7 Å². The zero-order valence-corrected chi connectivity index (χ0v) is 17.1. The van der Waals surface area contributed by atoms with Crippen LogP contribution >= 0.6 is 0 Å². The Hall–Kier alpha value is -2.04. The molecule has 5 nitrogen and oxygen atoms in total. The van der Waals surface area contributed by atoms with Crippen molar-refractivity contribution in [1.82, 2.24) is 5.32 Å². The van der Waals surface area contributed by atoms with Crippen molar-refractivity contribution in [2.75, 3.05) is 0 Å². The Morgan fingerprint density at radius 2 is 1.50 bits per heavy atom. The summed E-state index contributed by atoms with van der Waals surface area (Å²) >= 11 is 0. The number of amides is 1. The molecule has 28 heavy (non-hydrogen) atoms. The van der Waals surface area contributed by atoms with Gasteiger partial charge in [0, 0.05) is 5.54 Å². The summed E-state index contributed by atoms with van der Waals surface area (Å²) in [5.41, 5.74) is 0.355. The van der Waals surface area contributed by atoms with Crippen LogP contribution in [-0.2, 0) is 9.53 Å². The molecular weight excluding hydrogens is 354 g/mol. The largest absolute Gasteiger partial charge is 0.491 e. The minimum absolute atomic E-state index is 0.0671. The normalized spacial score (nSPS) is 31.5. The van der Waals surface area contributed by atoms with Crippen molar-refractivity contribution in [1.29, 1.82) is 0 Å². The van der Waals surface area contributed by atoms with Crippen molar-refractivity contribution in [2.24, 2.45) is 17.8 Å². The van der Waals surface area contributed by atoms with Crippen molar-refractivity contribution in [3.63, 3.8) is 0 Å². The fraction of sp³-hybridized carbons (Fsp3) is 0.652. The van der Waals surface area contributed by atoms with Gasteiger partial charge in [-0.3, -0.25) is 4.79 Å². The van der Waals surface area contributed by atoms with Crippen molar-refractivity contribution in [3.8, 4) is 5.75 Å². The molecule has 0 unspecified atom stereocenters. The molecule has 4 aliphatic carbocycles. The van der Waals surface area contributed by atoms with Crippen LogP contribution in [0.25, 0.3) is 0 Å². The van der Waals surface area contributed by atoms with Gasteiger partial charge in [0.25, 0.3) is 5.91 Å². The molecule has 1 N–H and O–H groups in total. The second-order valence-corrected chi connectivity index (χ2v) is 9.43. The lowest BCUT2D eigenvalue weighted by atomic mass is 9.53. The van der Waals surface area contributed by atoms with E-state index in [2.05, 4.69) is 5.32 Å². The van der Waals surface area contributed by atoms with Crippen molar-refractivity contribution in [3.05, 3.63) is 29.8 Å². The molecule has 1 atom stereocenters. The number of esters is 1. The van der Waals surface area contributed by atoms with Crippen molar-refractivity contribution in [2.45, 2.75) is 77.0 Å². The van der Waals surface area contributed by atoms with Gasteiger partial charge in [-0.1, -0.05) is 0 Å². The van der Waals surface area contributed by atoms with E-state index in [1.54, 1.807) is 31.2 Å². The third-order valence-corrected chi connectivity index (χ3v) is 6.54. The van der Waals surface area contributed by atoms with E-state index in [1.807, 2.05) is 13.8 Å². The van der Waals surface area contributed by atoms with Gasteiger partial charge in [-0.2, -0.15) is 0 Å². The third kappa shape index (κ3) is 4.03. The number of benzene rings is 1. The van der Waals surface area contributed by atoms with Crippen molar-refractivity contribution >= 4 is 11.9 Å². The van der Waals surface area contributed by atoms with E-state index in [0.29, 0.717) is 11.3 Å². The summed E-state index contributed by atoms with van der Waals surface area (Å²) in [6, 6.07) is 6.83. The molecule has 4 fully saturated rings. The first kappa shape index (κ1) is 19.3. The lowest BCUT2D eigenvalue weighted by Gasteiger charge is -2.57. The van der Waals surface area contributed by atoms with E-state index in [1.165, 1.54) is 19.3 Å². The van der Waals surface area contributed by atoms with Crippen LogP contribution in [-0.4, -0.2) is 29.6 Å². The fourth-order valence-electron chi connectivity index (χ4n) is 5.85. The second kappa shape index (κ2) is 7.41. The van der Waals surface area contributed by atoms with Crippen LogP contribution in [0.4, 0.5) is 0 Å². The van der Waals surface area contributed by atoms with Gasteiger partial charge in [-0.15, -0.1) is 0 Å². The highest BCUT2D eigenvalue weighted by Gasteiger charge is 2.51. The summed E-state index contributed by atoms with van der Waals surface area (Å²) < 4.78 is 11.0. The van der Waals surface area contributed by atoms with Gasteiger partial charge >= 0.3 is 5.97 Å². The van der Waals surface area contributed by atoms with Crippen molar-refractivity contribution < 1.29 is 19.1 Å². The summed E-state index contributed by atoms with van der Waals surface area (Å²) in [7, 11) is 0. The highest BCUT2D eigenvalue weighted by Crippen LogP contribution is 2.55. The second-order valence-electron chi connectivity index (χ2n) is 9.43. The monoisotopic (exact) mass is 385 g/mol. The summed E-state index contributed by atoms with van der Waals surface area (Å²) in [5, 5.41) is 3.28. The van der Waals surface area contributed by atoms with Gasteiger partial charge in [0.1, 0.15) is 5.75 Å². The molecule has 1 aromatic carbocycles. The van der Waals surface area contributed by atoms with Crippen LogP contribution < -0.4 is 10.1 Å². The zero-order chi connectivity index (χ0) is 19.9. The number of rotatable bonds is 6. The minimum Gasteiger partial charge on any atom is -0.491 e. The fourth-order valence-corrected chi connectivity index (χ4v) is 5.85. The van der Waals surface area contributed by atoms with E-state index >= 15 is 0 Å². The zero-order valence-electron chi connectivity index (χ0n) is 17.1. The summed E-state index contributed by atoms with van der Waals surface area (Å²) in [5.74, 6) is 2.33. The Kier molecular flexibility index (Phi) is 5.11. The first-order valence-corrected chi connectivity index (χ1v) is 10.6. The molecule has 152 valence electrons. The quantitative estimate of drug-likeness (QED) is 0.749. The van der Waals surface area contributed by atoms with E-state index in [9.17, 15) is 9.59 Å². The molecule has 4 bridgehead atoms. The van der Waals surface area contributed by atoms with Gasteiger partial charge < -0.3 is 14.8 Å². The molecule has 5 rings (SSSR count). The first-order chi connectivity index (χ1) is 13.3. The molecule has 5 heteroatoms. The summed E-state index contributed by atoms with van der Waals surface area (Å²) in [4.78, 5) is 25.2. The molecule has 0 spiro atoms. The van der Waals surface area contributed by atoms with Gasteiger partial charge in [0.05, 0.1) is 11.7 Å². The SMILES string of the molecule is CC(C)Oc1ccc(C(=O)O[C@@H](C)C(=O)NC23CC4CC(CC(C4)C2)C3)cc1. The smallest absolute Gasteiger partial charge is 0.338 e. The first-order valence-electron chi connectivity index (χ1n) is 10.6. The Morgan fingerprint density at radius 3 is 2.00 bits per heavy atom. The van der Waals surface area contributed by atoms with E-state index in [-0.39, 0.29) is 17.6 Å². The number of nitrogens with one attached hydrogen (secondary N) is 1. The maximum Gasteiger partial charge on any atom is 0.338 e. The average Bonchev–Trinajstić information content (AvgIpc) is 2.60. The Labute approximate surface area is 167 Å². The highest BCUT2D eigenvalue weighted by molar-refractivity contribution is 5.92. The standard InChI is InChI=1S/C23H31NO4/c1-14(2)27-20-6-4-19(5-7-20)22(26)28-15(3)21(25)24-23-11-16-8-17(12-23)10-18(9-16)13-23/h4-7,14-18H,8-13H2,1-3H3,(H,24,25)/t15-,16?,17?,18?,23?/m0/s1. The molecular formula is C23H31NO4. The lowest BCUT2D eigenvalue weighted by molar-refractivity contribution is -0.134. The molecule has 0 aromatic heterocycles. The summed E-state index contributed by atoms with van der Waals surface area (Å²) in [6.07, 6.45) is 6.52. The van der Waals surface area contributed by atoms with E-state index in [0.717, 1.165) is 37.0 Å². The Morgan fingerprint density at radius 1 is 0.964 bits per heavy atom. The van der Waals surface area contributed by atoms with Crippen LogP contribution in [0, 0.1) is 17.8 Å². The Bertz CT molecular complexity index is 704. The number of hydrogen-bond acceptors (Lipinski definition) is 4. The minimum atomic E-state index is -0.799. The maximum absolute atomic E-state index is 12.8. The molecule has 4 aliphatic rings. The number of carbonyl (C=O) groups is 2. The van der Waals surface area contributed by atoms with Crippen LogP contribution in [0.5, 0.6) is 5.75 Å². The van der Waals surface area contributed by atoms with Crippen LogP contribution in [0.2, 0.25) is 0 Å².